The van der Waals surface area contributed by atoms with Crippen molar-refractivity contribution in [2.45, 2.75) is 111 Å². The predicted molar refractivity (Wildman–Crippen MR) is 232 cm³/mol. The molecule has 0 amide bonds. The number of nitrogens with one attached hydrogen (secondary N) is 1. The molecule has 5 N–H and O–H groups in total. The van der Waals surface area contributed by atoms with Gasteiger partial charge in [-0.3, -0.25) is 9.88 Å². The topological polar surface area (TPSA) is 91.6 Å². The Morgan fingerprint density at radius 3 is 2.47 bits per heavy atom. The largest absolute Gasteiger partial charge is 0.368 e. The van der Waals surface area contributed by atoms with E-state index < -0.39 is 0 Å². The first-order chi connectivity index (χ1) is 26.5. The zero-order chi connectivity index (χ0) is 38.9. The Morgan fingerprint density at radius 1 is 1.02 bits per heavy atom. The van der Waals surface area contributed by atoms with Crippen LogP contribution in [0.4, 0.5) is 5.69 Å². The number of pyridine rings is 1. The molecule has 2 aromatic heterocycles. The minimum Gasteiger partial charge on any atom is -0.368 e. The summed E-state index contributed by atoms with van der Waals surface area (Å²) < 4.78 is 2.52. The van der Waals surface area contributed by atoms with Gasteiger partial charge in [-0.05, 0) is 118 Å². The number of hydrogen-bond acceptors (Lipinski definition) is 7. The van der Waals surface area contributed by atoms with E-state index in [0.29, 0.717) is 0 Å². The Kier molecular flexibility index (Phi) is 11.9. The van der Waals surface area contributed by atoms with E-state index in [1.807, 2.05) is 0 Å². The monoisotopic (exact) mass is 743 g/mol. The van der Waals surface area contributed by atoms with Crippen LogP contribution < -0.4 is 21.8 Å². The average molecular weight is 743 g/mol. The number of anilines is 1. The van der Waals surface area contributed by atoms with E-state index >= 15 is 0 Å². The third-order valence-electron chi connectivity index (χ3n) is 12.3. The number of aromatic nitrogens is 2. The number of benzene rings is 2. The average Bonchev–Trinajstić information content (AvgIpc) is 3.99. The fourth-order valence-corrected chi connectivity index (χ4v) is 9.11. The third-order valence-corrected chi connectivity index (χ3v) is 12.3. The molecule has 3 aliphatic rings. The van der Waals surface area contributed by atoms with Gasteiger partial charge < -0.3 is 25.9 Å². The van der Waals surface area contributed by atoms with Gasteiger partial charge in [0.05, 0.1) is 23.3 Å². The van der Waals surface area contributed by atoms with E-state index in [4.69, 9.17) is 16.5 Å². The van der Waals surface area contributed by atoms with Crippen molar-refractivity contribution in [2.75, 3.05) is 44.2 Å². The lowest BCUT2D eigenvalue weighted by Crippen LogP contribution is -2.47. The van der Waals surface area contributed by atoms with Crippen molar-refractivity contribution in [3.8, 4) is 22.4 Å². The van der Waals surface area contributed by atoms with Crippen LogP contribution in [-0.2, 0) is 19.4 Å². The normalized spacial score (nSPS) is 18.2. The van der Waals surface area contributed by atoms with Gasteiger partial charge in [-0.1, -0.05) is 56.3 Å². The van der Waals surface area contributed by atoms with Gasteiger partial charge in [0.25, 0.3) is 0 Å². The number of hydrazine groups is 1. The molecule has 2 saturated heterocycles. The van der Waals surface area contributed by atoms with Crippen LogP contribution in [0.25, 0.3) is 33.3 Å². The highest BCUT2D eigenvalue weighted by molar-refractivity contribution is 5.95. The summed E-state index contributed by atoms with van der Waals surface area (Å²) in [6.45, 7) is 26.9. The molecule has 294 valence electrons. The molecule has 7 rings (SSSR count). The maximum absolute atomic E-state index is 6.80. The first kappa shape index (κ1) is 39.3. The fourth-order valence-electron chi connectivity index (χ4n) is 9.11. The summed E-state index contributed by atoms with van der Waals surface area (Å²) in [5.74, 6) is 0. The number of aryl methyl sites for hydroxylation is 2. The number of piperazine rings is 1. The molecule has 2 aliphatic heterocycles. The van der Waals surface area contributed by atoms with Gasteiger partial charge in [-0.25, -0.2) is 5.43 Å². The Morgan fingerprint density at radius 2 is 1.80 bits per heavy atom. The number of nitrogens with two attached hydrogens (primary N) is 2. The second-order valence-electron chi connectivity index (χ2n) is 17.4. The van der Waals surface area contributed by atoms with Crippen LogP contribution in [-0.4, -0.2) is 70.8 Å². The summed E-state index contributed by atoms with van der Waals surface area (Å²) in [4.78, 5) is 10.4. The lowest BCUT2D eigenvalue weighted by molar-refractivity contribution is 0.192. The van der Waals surface area contributed by atoms with Crippen LogP contribution in [0.15, 0.2) is 73.6 Å². The SMILES string of the molecule is C=CCCC(C)(C)Cc1c(-c2cc(N3CCN(C4CC4)CC3)cnc2C(C)N)n(CC)c2ccc(-c3cc(C)cc(CC(N)C(=C)N4CCCCN4)c3)cc12. The van der Waals surface area contributed by atoms with Crippen LogP contribution in [0.1, 0.15) is 94.6 Å². The molecule has 0 spiro atoms. The van der Waals surface area contributed by atoms with E-state index in [2.05, 4.69) is 127 Å². The Balaban J connectivity index is 1.31. The molecule has 3 fully saturated rings. The maximum Gasteiger partial charge on any atom is 0.0663 e. The van der Waals surface area contributed by atoms with Gasteiger partial charge in [-0.15, -0.1) is 6.58 Å². The highest BCUT2D eigenvalue weighted by atomic mass is 15.5. The quantitative estimate of drug-likeness (QED) is 0.105. The summed E-state index contributed by atoms with van der Waals surface area (Å²) >= 11 is 0. The van der Waals surface area contributed by atoms with Crippen molar-refractivity contribution in [1.29, 1.82) is 0 Å². The van der Waals surface area contributed by atoms with Crippen molar-refractivity contribution in [1.82, 2.24) is 24.9 Å². The number of nitrogens with zero attached hydrogens (tertiary/aromatic N) is 5. The summed E-state index contributed by atoms with van der Waals surface area (Å²) in [7, 11) is 0. The lowest BCUT2D eigenvalue weighted by atomic mass is 9.80. The Labute approximate surface area is 330 Å². The van der Waals surface area contributed by atoms with Crippen molar-refractivity contribution in [3.63, 3.8) is 0 Å². The fraction of sp³-hybridized carbons (Fsp3) is 0.511. The highest BCUT2D eigenvalue weighted by Crippen LogP contribution is 2.43. The van der Waals surface area contributed by atoms with E-state index in [1.165, 1.54) is 74.9 Å². The van der Waals surface area contributed by atoms with Crippen LogP contribution >= 0.6 is 0 Å². The molecule has 55 heavy (non-hydrogen) atoms. The van der Waals surface area contributed by atoms with Crippen molar-refractivity contribution < 1.29 is 0 Å². The minimum atomic E-state index is -0.199. The number of hydrogen-bond donors (Lipinski definition) is 3. The molecule has 1 saturated carbocycles. The second kappa shape index (κ2) is 16.6. The molecule has 2 unspecified atom stereocenters. The molecule has 0 bridgehead atoms. The molecule has 2 atom stereocenters. The Hall–Kier alpha value is -3.95. The van der Waals surface area contributed by atoms with Gasteiger partial charge >= 0.3 is 0 Å². The minimum absolute atomic E-state index is 0.0583. The molecule has 4 heterocycles. The molecule has 8 nitrogen and oxygen atoms in total. The van der Waals surface area contributed by atoms with Crippen LogP contribution in [0, 0.1) is 12.3 Å². The summed E-state index contributed by atoms with van der Waals surface area (Å²) in [6, 6.07) is 16.9. The molecular formula is C47H66N8. The van der Waals surface area contributed by atoms with Crippen LogP contribution in [0.2, 0.25) is 0 Å². The van der Waals surface area contributed by atoms with Crippen LogP contribution in [0.5, 0.6) is 0 Å². The third kappa shape index (κ3) is 8.73. The van der Waals surface area contributed by atoms with E-state index in [-0.39, 0.29) is 17.5 Å². The molecule has 8 heteroatoms. The second-order valence-corrected chi connectivity index (χ2v) is 17.4. The van der Waals surface area contributed by atoms with E-state index in [1.54, 1.807) is 0 Å². The first-order valence-electron chi connectivity index (χ1n) is 21.0. The zero-order valence-electron chi connectivity index (χ0n) is 34.3. The van der Waals surface area contributed by atoms with E-state index in [0.717, 1.165) is 95.4 Å². The van der Waals surface area contributed by atoms with Crippen molar-refractivity contribution in [2.24, 2.45) is 16.9 Å². The molecule has 4 aromatic rings. The number of rotatable bonds is 15. The standard InChI is InChI=1S/C47H66N8/c1-8-10-17-47(6,7)30-42-40-28-36(37-25-32(3)24-35(26-37)27-43(49)34(5)55-19-12-11-18-51-55)13-16-44(40)54(9-2)46(42)41-29-39(31-50-45(41)33(4)48)53-22-20-52(21-23-53)38-14-15-38/h8,13,16,24-26,28-29,31,33,38,43,51H,1,5,9-12,14-15,17-23,27,30,48-49H2,2-4,6-7H3. The lowest BCUT2D eigenvalue weighted by Gasteiger charge is -2.36. The van der Waals surface area contributed by atoms with Gasteiger partial charge in [0.15, 0.2) is 0 Å². The van der Waals surface area contributed by atoms with Crippen molar-refractivity contribution in [3.05, 3.63) is 96.0 Å². The van der Waals surface area contributed by atoms with Gasteiger partial charge in [0.2, 0.25) is 0 Å². The molecular weight excluding hydrogens is 677 g/mol. The number of allylic oxidation sites excluding steroid dienone is 1. The van der Waals surface area contributed by atoms with E-state index in [9.17, 15) is 0 Å². The van der Waals surface area contributed by atoms with Gasteiger partial charge in [-0.2, -0.15) is 0 Å². The predicted octanol–water partition coefficient (Wildman–Crippen LogP) is 8.52. The summed E-state index contributed by atoms with van der Waals surface area (Å²) in [6.07, 6.45) is 12.9. The molecule has 2 aromatic carbocycles. The van der Waals surface area contributed by atoms with Gasteiger partial charge in [0, 0.05) is 86.1 Å². The zero-order valence-corrected chi connectivity index (χ0v) is 34.3. The van der Waals surface area contributed by atoms with Crippen LogP contribution in [0.3, 0.4) is 0 Å². The summed E-state index contributed by atoms with van der Waals surface area (Å²) in [5, 5.41) is 3.47. The molecule has 0 radical (unpaired) electrons. The highest BCUT2D eigenvalue weighted by Gasteiger charge is 2.32. The smallest absolute Gasteiger partial charge is 0.0663 e. The first-order valence-corrected chi connectivity index (χ1v) is 21.0. The maximum atomic E-state index is 6.80. The Bertz CT molecular complexity index is 1990. The van der Waals surface area contributed by atoms with Gasteiger partial charge in [0.1, 0.15) is 0 Å². The summed E-state index contributed by atoms with van der Waals surface area (Å²) in [5.41, 5.74) is 30.2. The van der Waals surface area contributed by atoms with Crippen molar-refractivity contribution >= 4 is 16.6 Å². The number of fused-ring (bicyclic) bond motifs is 1. The molecule has 1 aliphatic carbocycles.